The topological polar surface area (TPSA) is 43.5 Å². The molecule has 3 heteroatoms. The predicted molar refractivity (Wildman–Crippen MR) is 103 cm³/mol. The molecule has 0 atom stereocenters. The second-order valence-corrected chi connectivity index (χ2v) is 4.36. The predicted octanol–water partition coefficient (Wildman–Crippen LogP) is 6.80. The van der Waals surface area contributed by atoms with Crippen molar-refractivity contribution in [3.8, 4) is 22.5 Å². The van der Waals surface area contributed by atoms with Gasteiger partial charge < -0.3 is 10.2 Å². The molecule has 3 aromatic rings. The Hall–Kier alpha value is -2.99. The minimum Gasteiger partial charge on any atom is -0.452 e. The van der Waals surface area contributed by atoms with Gasteiger partial charge in [0.15, 0.2) is 5.88 Å². The van der Waals surface area contributed by atoms with E-state index < -0.39 is 0 Å². The lowest BCUT2D eigenvalue weighted by molar-refractivity contribution is 0.604. The van der Waals surface area contributed by atoms with Gasteiger partial charge in [0.2, 0.25) is 0 Å². The molecule has 124 valence electrons. The summed E-state index contributed by atoms with van der Waals surface area (Å²) in [5, 5.41) is 0. The molecule has 1 aromatic heterocycles. The van der Waals surface area contributed by atoms with E-state index in [0.717, 1.165) is 16.7 Å². The van der Waals surface area contributed by atoms with Crippen LogP contribution in [0.5, 0.6) is 0 Å². The monoisotopic (exact) mass is 320 g/mol. The van der Waals surface area contributed by atoms with E-state index in [1.54, 1.807) is 0 Å². The number of hydrogen-bond donors (Lipinski definition) is 1. The van der Waals surface area contributed by atoms with Crippen molar-refractivity contribution in [2.45, 2.75) is 27.7 Å². The number of nitrogens with two attached hydrogens (primary N) is 1. The number of nitrogen functional groups attached to an aromatic ring is 1. The first-order valence-corrected chi connectivity index (χ1v) is 8.22. The number of furan rings is 1. The molecule has 0 radical (unpaired) electrons. The summed E-state index contributed by atoms with van der Waals surface area (Å²) >= 11 is 0. The maximum absolute atomic E-state index is 7.34. The fraction of sp³-hybridized carbons (Fsp3) is 0.190. The molecule has 0 amide bonds. The Bertz CT molecular complexity index is 769. The molecule has 0 aliphatic rings. The highest BCUT2D eigenvalue weighted by Gasteiger charge is 2.21. The molecule has 3 rings (SSSR count). The molecular formula is C21H24N2O. The lowest BCUT2D eigenvalue weighted by Gasteiger charge is -2.03. The van der Waals surface area contributed by atoms with Crippen LogP contribution >= 0.6 is 0 Å². The number of anilines is 1. The van der Waals surface area contributed by atoms with Gasteiger partial charge in [-0.05, 0) is 5.56 Å². The average molecular weight is 320 g/mol. The summed E-state index contributed by atoms with van der Waals surface area (Å²) in [6, 6.07) is 19.4. The number of benzene rings is 2. The SMILES string of the molecule is CC.CC.[C-]#[N+]c1c(N)oc(-c2ccccc2)c1-c1ccccc1. The molecule has 0 aliphatic carbocycles. The Balaban J connectivity index is 0.000000671. The highest BCUT2D eigenvalue weighted by atomic mass is 16.4. The fourth-order valence-electron chi connectivity index (χ4n) is 2.22. The van der Waals surface area contributed by atoms with E-state index >= 15 is 0 Å². The van der Waals surface area contributed by atoms with E-state index in [1.807, 2.05) is 88.4 Å². The zero-order valence-corrected chi connectivity index (χ0v) is 14.7. The van der Waals surface area contributed by atoms with Crippen molar-refractivity contribution in [3.05, 3.63) is 72.1 Å². The first-order valence-electron chi connectivity index (χ1n) is 8.22. The van der Waals surface area contributed by atoms with E-state index in [-0.39, 0.29) is 5.88 Å². The summed E-state index contributed by atoms with van der Waals surface area (Å²) in [6.07, 6.45) is 0. The Kier molecular flexibility index (Phi) is 7.87. The third kappa shape index (κ3) is 4.05. The maximum Gasteiger partial charge on any atom is 0.256 e. The second-order valence-electron chi connectivity index (χ2n) is 4.36. The average Bonchev–Trinajstić information content (AvgIpc) is 3.02. The van der Waals surface area contributed by atoms with Gasteiger partial charge in [-0.3, -0.25) is 0 Å². The summed E-state index contributed by atoms with van der Waals surface area (Å²) in [4.78, 5) is 3.52. The molecule has 0 aliphatic heterocycles. The Morgan fingerprint density at radius 3 is 1.71 bits per heavy atom. The normalized spacial score (nSPS) is 8.96. The van der Waals surface area contributed by atoms with Crippen LogP contribution in [0.15, 0.2) is 65.1 Å². The van der Waals surface area contributed by atoms with Crippen LogP contribution < -0.4 is 5.73 Å². The minimum atomic E-state index is 0.165. The fourth-order valence-corrected chi connectivity index (χ4v) is 2.22. The van der Waals surface area contributed by atoms with Gasteiger partial charge in [-0.25, -0.2) is 4.85 Å². The summed E-state index contributed by atoms with van der Waals surface area (Å²) < 4.78 is 5.64. The van der Waals surface area contributed by atoms with Crippen LogP contribution in [-0.4, -0.2) is 0 Å². The quantitative estimate of drug-likeness (QED) is 0.528. The molecule has 0 fully saturated rings. The molecule has 0 spiro atoms. The summed E-state index contributed by atoms with van der Waals surface area (Å²) in [5.41, 5.74) is 8.81. The van der Waals surface area contributed by atoms with Crippen LogP contribution in [0.4, 0.5) is 11.6 Å². The molecule has 3 nitrogen and oxygen atoms in total. The lowest BCUT2D eigenvalue weighted by Crippen LogP contribution is -1.80. The van der Waals surface area contributed by atoms with Crippen molar-refractivity contribution >= 4 is 11.6 Å². The summed E-state index contributed by atoms with van der Waals surface area (Å²) in [7, 11) is 0. The van der Waals surface area contributed by atoms with E-state index in [9.17, 15) is 0 Å². The van der Waals surface area contributed by atoms with Crippen molar-refractivity contribution in [1.29, 1.82) is 0 Å². The standard InChI is InChI=1S/C17H12N2O.2C2H6/c1-19-15-14(12-8-4-2-5-9-12)16(20-17(15)18)13-10-6-3-7-11-13;2*1-2/h2-11H,18H2;2*1-2H3. The minimum absolute atomic E-state index is 0.165. The number of rotatable bonds is 2. The zero-order valence-electron chi connectivity index (χ0n) is 14.7. The lowest BCUT2D eigenvalue weighted by atomic mass is 10.0. The number of nitrogens with zero attached hydrogens (tertiary/aromatic N) is 1. The van der Waals surface area contributed by atoms with Crippen LogP contribution in [-0.2, 0) is 0 Å². The number of hydrogen-bond acceptors (Lipinski definition) is 2. The Labute approximate surface area is 144 Å². The Morgan fingerprint density at radius 2 is 1.25 bits per heavy atom. The van der Waals surface area contributed by atoms with E-state index in [0.29, 0.717) is 11.4 Å². The van der Waals surface area contributed by atoms with Crippen molar-refractivity contribution in [1.82, 2.24) is 0 Å². The van der Waals surface area contributed by atoms with Crippen LogP contribution in [0.25, 0.3) is 27.3 Å². The van der Waals surface area contributed by atoms with Gasteiger partial charge in [0.05, 0.1) is 6.57 Å². The first kappa shape index (κ1) is 19.1. The van der Waals surface area contributed by atoms with Gasteiger partial charge in [-0.1, -0.05) is 88.4 Å². The molecular weight excluding hydrogens is 296 g/mol. The Morgan fingerprint density at radius 1 is 0.792 bits per heavy atom. The van der Waals surface area contributed by atoms with Gasteiger partial charge in [0.1, 0.15) is 5.76 Å². The van der Waals surface area contributed by atoms with Crippen LogP contribution in [0.1, 0.15) is 27.7 Å². The molecule has 0 bridgehead atoms. The highest BCUT2D eigenvalue weighted by Crippen LogP contribution is 2.45. The molecule has 1 heterocycles. The largest absolute Gasteiger partial charge is 0.452 e. The van der Waals surface area contributed by atoms with Gasteiger partial charge in [-0.2, -0.15) is 0 Å². The van der Waals surface area contributed by atoms with E-state index in [2.05, 4.69) is 4.85 Å². The van der Waals surface area contributed by atoms with Gasteiger partial charge >= 0.3 is 0 Å². The van der Waals surface area contributed by atoms with E-state index in [4.69, 9.17) is 16.7 Å². The van der Waals surface area contributed by atoms with Crippen molar-refractivity contribution in [2.75, 3.05) is 5.73 Å². The molecule has 2 aromatic carbocycles. The third-order valence-electron chi connectivity index (χ3n) is 3.12. The van der Waals surface area contributed by atoms with Gasteiger partial charge in [-0.15, -0.1) is 0 Å². The molecule has 0 unspecified atom stereocenters. The van der Waals surface area contributed by atoms with Crippen molar-refractivity contribution in [2.24, 2.45) is 0 Å². The third-order valence-corrected chi connectivity index (χ3v) is 3.12. The molecule has 0 saturated heterocycles. The second kappa shape index (κ2) is 9.91. The summed E-state index contributed by atoms with van der Waals surface area (Å²) in [5.74, 6) is 0.804. The molecule has 24 heavy (non-hydrogen) atoms. The van der Waals surface area contributed by atoms with E-state index in [1.165, 1.54) is 0 Å². The van der Waals surface area contributed by atoms with Crippen LogP contribution in [0, 0.1) is 6.57 Å². The van der Waals surface area contributed by atoms with Gasteiger partial charge in [0, 0.05) is 11.1 Å². The maximum atomic E-state index is 7.34. The smallest absolute Gasteiger partial charge is 0.256 e. The van der Waals surface area contributed by atoms with Crippen molar-refractivity contribution < 1.29 is 4.42 Å². The highest BCUT2D eigenvalue weighted by molar-refractivity contribution is 5.94. The molecule has 2 N–H and O–H groups in total. The zero-order chi connectivity index (χ0) is 17.9. The van der Waals surface area contributed by atoms with Crippen LogP contribution in [0.3, 0.4) is 0 Å². The summed E-state index contributed by atoms with van der Waals surface area (Å²) in [6.45, 7) is 15.3. The van der Waals surface area contributed by atoms with Crippen molar-refractivity contribution in [3.63, 3.8) is 0 Å². The van der Waals surface area contributed by atoms with Gasteiger partial charge in [0.25, 0.3) is 5.69 Å². The molecule has 0 saturated carbocycles. The first-order chi connectivity index (χ1) is 11.8. The van der Waals surface area contributed by atoms with Crippen LogP contribution in [0.2, 0.25) is 0 Å².